The molecule has 0 saturated heterocycles. The number of halogens is 1. The second kappa shape index (κ2) is 8.56. The van der Waals surface area contributed by atoms with Crippen LogP contribution in [0.2, 0.25) is 5.02 Å². The Morgan fingerprint density at radius 3 is 2.78 bits per heavy atom. The summed E-state index contributed by atoms with van der Waals surface area (Å²) in [6.45, 7) is 0.209. The Labute approximate surface area is 164 Å². The van der Waals surface area contributed by atoms with Crippen LogP contribution < -0.4 is 5.56 Å². The van der Waals surface area contributed by atoms with Crippen LogP contribution in [0.1, 0.15) is 15.9 Å². The first-order valence-electron chi connectivity index (χ1n) is 8.15. The van der Waals surface area contributed by atoms with E-state index in [1.807, 2.05) is 18.2 Å². The van der Waals surface area contributed by atoms with Crippen molar-refractivity contribution in [3.05, 3.63) is 69.0 Å². The zero-order chi connectivity index (χ0) is 19.4. The Hall–Kier alpha value is -2.35. The molecular formula is C19H17ClN2O4S. The number of ether oxygens (including phenoxy) is 1. The second-order valence-electron chi connectivity index (χ2n) is 5.67. The lowest BCUT2D eigenvalue weighted by atomic mass is 10.1. The van der Waals surface area contributed by atoms with Gasteiger partial charge in [-0.15, -0.1) is 0 Å². The molecule has 1 N–H and O–H groups in total. The fourth-order valence-corrected chi connectivity index (χ4v) is 3.56. The van der Waals surface area contributed by atoms with Crippen LogP contribution >= 0.6 is 23.4 Å². The van der Waals surface area contributed by atoms with E-state index in [9.17, 15) is 9.59 Å². The van der Waals surface area contributed by atoms with Crippen molar-refractivity contribution in [3.63, 3.8) is 0 Å². The predicted molar refractivity (Wildman–Crippen MR) is 106 cm³/mol. The third kappa shape index (κ3) is 4.16. The molecule has 0 saturated carbocycles. The lowest BCUT2D eigenvalue weighted by Crippen LogP contribution is -2.24. The summed E-state index contributed by atoms with van der Waals surface area (Å²) in [4.78, 5) is 29.4. The molecule has 3 rings (SSSR count). The van der Waals surface area contributed by atoms with Crippen molar-refractivity contribution in [3.8, 4) is 0 Å². The van der Waals surface area contributed by atoms with Crippen LogP contribution in [0, 0.1) is 0 Å². The Morgan fingerprint density at radius 1 is 1.30 bits per heavy atom. The Balaban J connectivity index is 2.15. The SMILES string of the molecule is COC(=O)c1ccc2c(=O)n(Cc3ccccc3Cl)c(SCCO)nc2c1. The van der Waals surface area contributed by atoms with Crippen molar-refractivity contribution in [2.75, 3.05) is 19.5 Å². The normalized spacial score (nSPS) is 10.9. The van der Waals surface area contributed by atoms with Crippen molar-refractivity contribution in [2.24, 2.45) is 0 Å². The van der Waals surface area contributed by atoms with E-state index in [1.165, 1.54) is 35.6 Å². The number of hydrogen-bond donors (Lipinski definition) is 1. The first-order chi connectivity index (χ1) is 13.0. The minimum absolute atomic E-state index is 0.0487. The average molecular weight is 405 g/mol. The Morgan fingerprint density at radius 2 is 2.07 bits per heavy atom. The molecule has 0 radical (unpaired) electrons. The molecule has 0 bridgehead atoms. The molecule has 2 aromatic carbocycles. The van der Waals surface area contributed by atoms with Gasteiger partial charge in [0.05, 0.1) is 36.7 Å². The van der Waals surface area contributed by atoms with Gasteiger partial charge in [-0.2, -0.15) is 0 Å². The minimum atomic E-state index is -0.497. The van der Waals surface area contributed by atoms with Crippen molar-refractivity contribution in [1.82, 2.24) is 9.55 Å². The van der Waals surface area contributed by atoms with E-state index in [4.69, 9.17) is 21.4 Å². The number of aromatic nitrogens is 2. The maximum absolute atomic E-state index is 13.1. The van der Waals surface area contributed by atoms with Gasteiger partial charge in [0.15, 0.2) is 5.16 Å². The van der Waals surface area contributed by atoms with Gasteiger partial charge in [-0.3, -0.25) is 9.36 Å². The molecule has 1 heterocycles. The molecule has 0 aliphatic rings. The van der Waals surface area contributed by atoms with Crippen molar-refractivity contribution in [1.29, 1.82) is 0 Å². The summed E-state index contributed by atoms with van der Waals surface area (Å²) in [5, 5.41) is 10.6. The smallest absolute Gasteiger partial charge is 0.337 e. The van der Waals surface area contributed by atoms with E-state index < -0.39 is 5.97 Å². The summed E-state index contributed by atoms with van der Waals surface area (Å²) in [5.74, 6) is -0.111. The molecule has 0 unspecified atom stereocenters. The summed E-state index contributed by atoms with van der Waals surface area (Å²) >= 11 is 7.50. The van der Waals surface area contributed by atoms with Gasteiger partial charge in [0.25, 0.3) is 5.56 Å². The molecule has 0 atom stereocenters. The average Bonchev–Trinajstić information content (AvgIpc) is 2.69. The topological polar surface area (TPSA) is 81.4 Å². The number of nitrogens with zero attached hydrogens (tertiary/aromatic N) is 2. The van der Waals surface area contributed by atoms with Gasteiger partial charge >= 0.3 is 5.97 Å². The molecule has 0 spiro atoms. The fourth-order valence-electron chi connectivity index (χ4n) is 2.63. The van der Waals surface area contributed by atoms with Gasteiger partial charge in [0, 0.05) is 10.8 Å². The van der Waals surface area contributed by atoms with Crippen LogP contribution in [-0.4, -0.2) is 40.1 Å². The van der Waals surface area contributed by atoms with E-state index >= 15 is 0 Å². The lowest BCUT2D eigenvalue weighted by Gasteiger charge is -2.14. The molecule has 0 aliphatic carbocycles. The van der Waals surface area contributed by atoms with Gasteiger partial charge in [-0.05, 0) is 29.8 Å². The number of aliphatic hydroxyl groups is 1. The van der Waals surface area contributed by atoms with Gasteiger partial charge < -0.3 is 9.84 Å². The molecule has 0 fully saturated rings. The number of benzene rings is 2. The number of hydrogen-bond acceptors (Lipinski definition) is 6. The quantitative estimate of drug-likeness (QED) is 0.386. The van der Waals surface area contributed by atoms with Gasteiger partial charge in [0.1, 0.15) is 0 Å². The van der Waals surface area contributed by atoms with Crippen LogP contribution in [-0.2, 0) is 11.3 Å². The van der Waals surface area contributed by atoms with Crippen LogP contribution in [0.5, 0.6) is 0 Å². The highest BCUT2D eigenvalue weighted by molar-refractivity contribution is 7.99. The predicted octanol–water partition coefficient (Wildman–Crippen LogP) is 2.97. The highest BCUT2D eigenvalue weighted by Gasteiger charge is 2.15. The Bertz CT molecular complexity index is 1050. The molecular weight excluding hydrogens is 388 g/mol. The monoisotopic (exact) mass is 404 g/mol. The molecule has 3 aromatic rings. The van der Waals surface area contributed by atoms with E-state index in [2.05, 4.69) is 4.98 Å². The molecule has 27 heavy (non-hydrogen) atoms. The standard InChI is InChI=1S/C19H17ClN2O4S/c1-26-18(25)12-6-7-14-16(10-12)21-19(27-9-8-23)22(17(14)24)11-13-4-2-3-5-15(13)20/h2-7,10,23H,8-9,11H2,1H3. The van der Waals surface area contributed by atoms with Gasteiger partial charge in [-0.1, -0.05) is 41.6 Å². The maximum atomic E-state index is 13.1. The number of aliphatic hydroxyl groups excluding tert-OH is 1. The molecule has 140 valence electrons. The summed E-state index contributed by atoms with van der Waals surface area (Å²) in [5.41, 5.74) is 1.27. The maximum Gasteiger partial charge on any atom is 0.337 e. The van der Waals surface area contributed by atoms with E-state index in [0.29, 0.717) is 32.4 Å². The van der Waals surface area contributed by atoms with E-state index in [1.54, 1.807) is 12.1 Å². The molecule has 8 heteroatoms. The highest BCUT2D eigenvalue weighted by Crippen LogP contribution is 2.22. The van der Waals surface area contributed by atoms with Crippen molar-refractivity contribution in [2.45, 2.75) is 11.7 Å². The minimum Gasteiger partial charge on any atom is -0.465 e. The third-order valence-corrected chi connectivity index (χ3v) is 5.28. The first kappa shape index (κ1) is 19.4. The highest BCUT2D eigenvalue weighted by atomic mass is 35.5. The molecule has 0 aliphatic heterocycles. The number of carbonyl (C=O) groups excluding carboxylic acids is 1. The van der Waals surface area contributed by atoms with E-state index in [0.717, 1.165) is 5.56 Å². The van der Waals surface area contributed by atoms with Crippen LogP contribution in [0.25, 0.3) is 10.9 Å². The van der Waals surface area contributed by atoms with Crippen LogP contribution in [0.3, 0.4) is 0 Å². The summed E-state index contributed by atoms with van der Waals surface area (Å²) in [6, 6.07) is 11.9. The zero-order valence-corrected chi connectivity index (χ0v) is 16.1. The zero-order valence-electron chi connectivity index (χ0n) is 14.5. The number of fused-ring (bicyclic) bond motifs is 1. The first-order valence-corrected chi connectivity index (χ1v) is 9.51. The number of rotatable bonds is 6. The lowest BCUT2D eigenvalue weighted by molar-refractivity contribution is 0.0601. The molecule has 1 aromatic heterocycles. The number of esters is 1. The third-order valence-electron chi connectivity index (χ3n) is 3.95. The number of thioether (sulfide) groups is 1. The van der Waals surface area contributed by atoms with Gasteiger partial charge in [-0.25, -0.2) is 9.78 Å². The van der Waals surface area contributed by atoms with Crippen molar-refractivity contribution >= 4 is 40.2 Å². The molecule has 6 nitrogen and oxygen atoms in total. The van der Waals surface area contributed by atoms with Gasteiger partial charge in [0.2, 0.25) is 0 Å². The second-order valence-corrected chi connectivity index (χ2v) is 7.14. The number of methoxy groups -OCH3 is 1. The number of carbonyl (C=O) groups is 1. The summed E-state index contributed by atoms with van der Waals surface area (Å²) < 4.78 is 6.25. The Kier molecular flexibility index (Phi) is 6.15. The summed E-state index contributed by atoms with van der Waals surface area (Å²) in [7, 11) is 1.30. The van der Waals surface area contributed by atoms with Crippen molar-refractivity contribution < 1.29 is 14.6 Å². The fraction of sp³-hybridized carbons (Fsp3) is 0.211. The van der Waals surface area contributed by atoms with Crippen LogP contribution in [0.4, 0.5) is 0 Å². The van der Waals surface area contributed by atoms with E-state index in [-0.39, 0.29) is 18.7 Å². The largest absolute Gasteiger partial charge is 0.465 e. The molecule has 0 amide bonds. The van der Waals surface area contributed by atoms with Crippen LogP contribution in [0.15, 0.2) is 52.4 Å². The summed E-state index contributed by atoms with van der Waals surface area (Å²) in [6.07, 6.45) is 0.